The fraction of sp³-hybridized carbons (Fsp3) is 0.385. The van der Waals surface area contributed by atoms with Crippen LogP contribution in [-0.2, 0) is 11.2 Å². The largest absolute Gasteiger partial charge is 0.381 e. The van der Waals surface area contributed by atoms with E-state index >= 15 is 0 Å². The Hall–Kier alpha value is -1.28. The molecule has 0 fully saturated rings. The zero-order valence-corrected chi connectivity index (χ0v) is 9.34. The summed E-state index contributed by atoms with van der Waals surface area (Å²) < 4.78 is 5.37. The molecule has 0 saturated carbocycles. The predicted octanol–water partition coefficient (Wildman–Crippen LogP) is 3.06. The number of aryl methyl sites for hydroxylation is 1. The van der Waals surface area contributed by atoms with Crippen LogP contribution in [-0.4, -0.2) is 18.2 Å². The Bertz CT molecular complexity index is 445. The molecule has 0 atom stereocenters. The quantitative estimate of drug-likeness (QED) is 0.759. The third-order valence-corrected chi connectivity index (χ3v) is 2.73. The molecule has 0 aliphatic rings. The molecule has 0 saturated heterocycles. The molecule has 1 aromatic heterocycles. The van der Waals surface area contributed by atoms with E-state index < -0.39 is 0 Å². The lowest BCUT2D eigenvalue weighted by molar-refractivity contribution is 0.151. The van der Waals surface area contributed by atoms with Crippen molar-refractivity contribution in [2.45, 2.75) is 20.3 Å². The molecule has 2 heteroatoms. The second-order valence-corrected chi connectivity index (χ2v) is 3.76. The van der Waals surface area contributed by atoms with Crippen LogP contribution in [0, 0.1) is 6.92 Å². The van der Waals surface area contributed by atoms with Crippen LogP contribution in [0.25, 0.3) is 10.9 Å². The van der Waals surface area contributed by atoms with Gasteiger partial charge < -0.3 is 9.72 Å². The summed E-state index contributed by atoms with van der Waals surface area (Å²) in [5.74, 6) is 0. The van der Waals surface area contributed by atoms with E-state index in [4.69, 9.17) is 4.74 Å². The maximum absolute atomic E-state index is 5.37. The number of aromatic nitrogens is 1. The number of nitrogens with one attached hydrogen (secondary N) is 1. The number of ether oxygens (including phenoxy) is 1. The van der Waals surface area contributed by atoms with Crippen LogP contribution < -0.4 is 0 Å². The van der Waals surface area contributed by atoms with Crippen molar-refractivity contribution in [1.29, 1.82) is 0 Å². The minimum atomic E-state index is 0.793. The second kappa shape index (κ2) is 4.49. The number of benzene rings is 1. The highest BCUT2D eigenvalue weighted by molar-refractivity contribution is 5.85. The van der Waals surface area contributed by atoms with Gasteiger partial charge in [-0.3, -0.25) is 0 Å². The number of aromatic amines is 1. The monoisotopic (exact) mass is 203 g/mol. The van der Waals surface area contributed by atoms with Gasteiger partial charge in [0.1, 0.15) is 0 Å². The molecule has 0 aliphatic carbocycles. The Morgan fingerprint density at radius 3 is 3.00 bits per heavy atom. The van der Waals surface area contributed by atoms with E-state index in [-0.39, 0.29) is 0 Å². The molecule has 2 aromatic rings. The molecule has 2 rings (SSSR count). The Labute approximate surface area is 90.3 Å². The Morgan fingerprint density at radius 1 is 1.33 bits per heavy atom. The van der Waals surface area contributed by atoms with Crippen LogP contribution in [0.3, 0.4) is 0 Å². The molecule has 0 aliphatic heterocycles. The highest BCUT2D eigenvalue weighted by Crippen LogP contribution is 2.21. The summed E-state index contributed by atoms with van der Waals surface area (Å²) in [5, 5.41) is 1.33. The van der Waals surface area contributed by atoms with Gasteiger partial charge >= 0.3 is 0 Å². The molecule has 0 unspecified atom stereocenters. The lowest BCUT2D eigenvalue weighted by Gasteiger charge is -2.00. The molecule has 1 N–H and O–H groups in total. The Kier molecular flexibility index (Phi) is 3.07. The van der Waals surface area contributed by atoms with Gasteiger partial charge in [-0.05, 0) is 31.4 Å². The number of hydrogen-bond donors (Lipinski definition) is 1. The topological polar surface area (TPSA) is 25.0 Å². The molecule has 15 heavy (non-hydrogen) atoms. The zero-order chi connectivity index (χ0) is 10.7. The standard InChI is InChI=1S/C13H17NO/c1-3-15-8-7-11-9-14-13-10(2)5-4-6-12(11)13/h4-6,9,14H,3,7-8H2,1-2H3. The van der Waals surface area contributed by atoms with Crippen molar-refractivity contribution in [3.8, 4) is 0 Å². The number of fused-ring (bicyclic) bond motifs is 1. The number of rotatable bonds is 4. The molecule has 0 amide bonds. The smallest absolute Gasteiger partial charge is 0.0507 e. The average Bonchev–Trinajstić information content (AvgIpc) is 2.64. The maximum atomic E-state index is 5.37. The van der Waals surface area contributed by atoms with Gasteiger partial charge in [-0.2, -0.15) is 0 Å². The minimum Gasteiger partial charge on any atom is -0.381 e. The summed E-state index contributed by atoms with van der Waals surface area (Å²) in [6.07, 6.45) is 3.08. The molecule has 2 nitrogen and oxygen atoms in total. The lowest BCUT2D eigenvalue weighted by Crippen LogP contribution is -1.96. The van der Waals surface area contributed by atoms with Crippen LogP contribution >= 0.6 is 0 Å². The molecular weight excluding hydrogens is 186 g/mol. The summed E-state index contributed by atoms with van der Waals surface area (Å²) >= 11 is 0. The van der Waals surface area contributed by atoms with Gasteiger partial charge in [-0.25, -0.2) is 0 Å². The van der Waals surface area contributed by atoms with E-state index in [0.29, 0.717) is 0 Å². The normalized spacial score (nSPS) is 11.1. The van der Waals surface area contributed by atoms with E-state index in [2.05, 4.69) is 36.3 Å². The molecule has 0 spiro atoms. The Morgan fingerprint density at radius 2 is 2.20 bits per heavy atom. The maximum Gasteiger partial charge on any atom is 0.0507 e. The molecule has 0 bridgehead atoms. The highest BCUT2D eigenvalue weighted by atomic mass is 16.5. The van der Waals surface area contributed by atoms with Crippen molar-refractivity contribution in [2.24, 2.45) is 0 Å². The van der Waals surface area contributed by atoms with E-state index in [0.717, 1.165) is 19.6 Å². The average molecular weight is 203 g/mol. The van der Waals surface area contributed by atoms with Crippen LogP contribution in [0.2, 0.25) is 0 Å². The molecule has 80 valence electrons. The van der Waals surface area contributed by atoms with E-state index in [1.54, 1.807) is 0 Å². The molecule has 0 radical (unpaired) electrons. The van der Waals surface area contributed by atoms with Crippen molar-refractivity contribution >= 4 is 10.9 Å². The molecule has 1 heterocycles. The Balaban J connectivity index is 2.25. The van der Waals surface area contributed by atoms with E-state index in [1.807, 2.05) is 6.92 Å². The van der Waals surface area contributed by atoms with Crippen molar-refractivity contribution in [3.63, 3.8) is 0 Å². The van der Waals surface area contributed by atoms with E-state index in [9.17, 15) is 0 Å². The van der Waals surface area contributed by atoms with Crippen molar-refractivity contribution in [3.05, 3.63) is 35.5 Å². The summed E-state index contributed by atoms with van der Waals surface area (Å²) in [6, 6.07) is 6.40. The highest BCUT2D eigenvalue weighted by Gasteiger charge is 2.04. The first kappa shape index (κ1) is 10.2. The summed E-state index contributed by atoms with van der Waals surface area (Å²) in [4.78, 5) is 3.33. The molecule has 1 aromatic carbocycles. The first-order valence-corrected chi connectivity index (χ1v) is 5.46. The zero-order valence-electron chi connectivity index (χ0n) is 9.34. The number of para-hydroxylation sites is 1. The van der Waals surface area contributed by atoms with Gasteiger partial charge in [0, 0.05) is 23.7 Å². The minimum absolute atomic E-state index is 0.793. The predicted molar refractivity (Wildman–Crippen MR) is 63.2 cm³/mol. The van der Waals surface area contributed by atoms with Gasteiger partial charge in [0.2, 0.25) is 0 Å². The van der Waals surface area contributed by atoms with Crippen molar-refractivity contribution in [1.82, 2.24) is 4.98 Å². The van der Waals surface area contributed by atoms with Crippen LogP contribution in [0.4, 0.5) is 0 Å². The number of H-pyrrole nitrogens is 1. The SMILES string of the molecule is CCOCCc1c[nH]c2c(C)cccc12. The van der Waals surface area contributed by atoms with Gasteiger partial charge in [0.15, 0.2) is 0 Å². The summed E-state index contributed by atoms with van der Waals surface area (Å²) in [6.45, 7) is 5.75. The third kappa shape index (κ3) is 2.05. The van der Waals surface area contributed by atoms with Crippen LogP contribution in [0.15, 0.2) is 24.4 Å². The van der Waals surface area contributed by atoms with Crippen molar-refractivity contribution < 1.29 is 4.74 Å². The first-order valence-electron chi connectivity index (χ1n) is 5.46. The third-order valence-electron chi connectivity index (χ3n) is 2.73. The fourth-order valence-corrected chi connectivity index (χ4v) is 1.90. The van der Waals surface area contributed by atoms with Crippen LogP contribution in [0.5, 0.6) is 0 Å². The first-order chi connectivity index (χ1) is 7.33. The van der Waals surface area contributed by atoms with Crippen molar-refractivity contribution in [2.75, 3.05) is 13.2 Å². The van der Waals surface area contributed by atoms with Gasteiger partial charge in [-0.15, -0.1) is 0 Å². The fourth-order valence-electron chi connectivity index (χ4n) is 1.90. The number of hydrogen-bond acceptors (Lipinski definition) is 1. The van der Waals surface area contributed by atoms with E-state index in [1.165, 1.54) is 22.0 Å². The van der Waals surface area contributed by atoms with Gasteiger partial charge in [-0.1, -0.05) is 18.2 Å². The van der Waals surface area contributed by atoms with Gasteiger partial charge in [0.25, 0.3) is 0 Å². The van der Waals surface area contributed by atoms with Crippen LogP contribution in [0.1, 0.15) is 18.1 Å². The lowest BCUT2D eigenvalue weighted by atomic mass is 10.1. The molecular formula is C13H17NO. The second-order valence-electron chi connectivity index (χ2n) is 3.76. The van der Waals surface area contributed by atoms with Gasteiger partial charge in [0.05, 0.1) is 6.61 Å². The summed E-state index contributed by atoms with van der Waals surface area (Å²) in [7, 11) is 0. The summed E-state index contributed by atoms with van der Waals surface area (Å²) in [5.41, 5.74) is 3.90.